The molecule has 138 valence electrons. The summed E-state index contributed by atoms with van der Waals surface area (Å²) >= 11 is 0. The van der Waals surface area contributed by atoms with Gasteiger partial charge in [0, 0.05) is 5.56 Å². The van der Waals surface area contributed by atoms with E-state index in [4.69, 9.17) is 9.47 Å². The van der Waals surface area contributed by atoms with Crippen LogP contribution in [0.1, 0.15) is 36.2 Å². The highest BCUT2D eigenvalue weighted by atomic mass is 16.5. The Labute approximate surface area is 153 Å². The van der Waals surface area contributed by atoms with Crippen LogP contribution >= 0.6 is 0 Å². The Hall–Kier alpha value is -3.02. The summed E-state index contributed by atoms with van der Waals surface area (Å²) in [6.45, 7) is 4.39. The van der Waals surface area contributed by atoms with Crippen molar-refractivity contribution in [1.82, 2.24) is 10.9 Å². The monoisotopic (exact) mass is 356 g/mol. The molecule has 0 aromatic heterocycles. The Bertz CT molecular complexity index is 729. The van der Waals surface area contributed by atoms with E-state index in [9.17, 15) is 9.59 Å². The fourth-order valence-corrected chi connectivity index (χ4v) is 2.17. The highest BCUT2D eigenvalue weighted by Crippen LogP contribution is 2.26. The average Bonchev–Trinajstić information content (AvgIpc) is 2.69. The summed E-state index contributed by atoms with van der Waals surface area (Å²) < 4.78 is 11.0. The zero-order valence-electron chi connectivity index (χ0n) is 15.1. The quantitative estimate of drug-likeness (QED) is 0.713. The number of nitrogens with one attached hydrogen (secondary N) is 2. The minimum Gasteiger partial charge on any atom is -0.490 e. The van der Waals surface area contributed by atoms with E-state index in [0.29, 0.717) is 23.7 Å². The standard InChI is InChI=1S/C20H24N2O4/c1-3-13-25-17-7-5-6-8-18(17)26-14-19(23)21-22-20(24)16-11-9-15(4-2)10-12-16/h5-12H,3-4,13-14H2,1-2H3,(H,21,23)(H,22,24). The lowest BCUT2D eigenvalue weighted by Crippen LogP contribution is -2.43. The fourth-order valence-electron chi connectivity index (χ4n) is 2.17. The van der Waals surface area contributed by atoms with Crippen molar-refractivity contribution in [1.29, 1.82) is 0 Å². The number of aryl methyl sites for hydroxylation is 1. The number of carbonyl (C=O) groups excluding carboxylic acids is 2. The molecular formula is C20H24N2O4. The molecule has 0 saturated heterocycles. The number of para-hydroxylation sites is 2. The lowest BCUT2D eigenvalue weighted by molar-refractivity contribution is -0.123. The zero-order chi connectivity index (χ0) is 18.8. The van der Waals surface area contributed by atoms with Crippen molar-refractivity contribution in [3.63, 3.8) is 0 Å². The molecule has 2 rings (SSSR count). The first-order chi connectivity index (χ1) is 12.6. The van der Waals surface area contributed by atoms with Crippen molar-refractivity contribution >= 4 is 11.8 Å². The third-order valence-electron chi connectivity index (χ3n) is 3.61. The van der Waals surface area contributed by atoms with Gasteiger partial charge in [-0.05, 0) is 42.7 Å². The summed E-state index contributed by atoms with van der Waals surface area (Å²) in [5.41, 5.74) is 6.33. The molecule has 26 heavy (non-hydrogen) atoms. The molecule has 2 amide bonds. The molecule has 2 aromatic rings. The van der Waals surface area contributed by atoms with Gasteiger partial charge in [0.2, 0.25) is 0 Å². The molecular weight excluding hydrogens is 332 g/mol. The SMILES string of the molecule is CCCOc1ccccc1OCC(=O)NNC(=O)c1ccc(CC)cc1. The molecule has 0 fully saturated rings. The Morgan fingerprint density at radius 3 is 2.15 bits per heavy atom. The fraction of sp³-hybridized carbons (Fsp3) is 0.300. The third kappa shape index (κ3) is 5.81. The summed E-state index contributed by atoms with van der Waals surface area (Å²) in [6, 6.07) is 14.4. The second kappa shape index (κ2) is 10.1. The van der Waals surface area contributed by atoms with Gasteiger partial charge in [-0.3, -0.25) is 20.4 Å². The van der Waals surface area contributed by atoms with Crippen molar-refractivity contribution in [2.45, 2.75) is 26.7 Å². The maximum atomic E-state index is 12.0. The normalized spacial score (nSPS) is 10.1. The molecule has 0 aliphatic carbocycles. The first-order valence-electron chi connectivity index (χ1n) is 8.66. The van der Waals surface area contributed by atoms with Gasteiger partial charge >= 0.3 is 0 Å². The van der Waals surface area contributed by atoms with Crippen LogP contribution < -0.4 is 20.3 Å². The number of carbonyl (C=O) groups is 2. The van der Waals surface area contributed by atoms with E-state index in [-0.39, 0.29) is 12.5 Å². The molecule has 0 radical (unpaired) electrons. The van der Waals surface area contributed by atoms with Crippen LogP contribution in [0.2, 0.25) is 0 Å². The van der Waals surface area contributed by atoms with Crippen molar-refractivity contribution in [2.75, 3.05) is 13.2 Å². The topological polar surface area (TPSA) is 76.7 Å². The molecule has 0 atom stereocenters. The van der Waals surface area contributed by atoms with E-state index in [1.54, 1.807) is 30.3 Å². The second-order valence-electron chi connectivity index (χ2n) is 5.64. The number of hydrogen-bond donors (Lipinski definition) is 2. The Kier molecular flexibility index (Phi) is 7.49. The summed E-state index contributed by atoms with van der Waals surface area (Å²) in [5, 5.41) is 0. The predicted molar refractivity (Wildman–Crippen MR) is 99.2 cm³/mol. The highest BCUT2D eigenvalue weighted by molar-refractivity contribution is 5.95. The number of amides is 2. The van der Waals surface area contributed by atoms with Crippen LogP contribution in [0.15, 0.2) is 48.5 Å². The molecule has 0 aliphatic rings. The zero-order valence-corrected chi connectivity index (χ0v) is 15.1. The predicted octanol–water partition coefficient (Wildman–Crippen LogP) is 2.88. The smallest absolute Gasteiger partial charge is 0.276 e. The van der Waals surface area contributed by atoms with Gasteiger partial charge in [-0.2, -0.15) is 0 Å². The molecule has 0 aliphatic heterocycles. The van der Waals surface area contributed by atoms with E-state index in [2.05, 4.69) is 10.9 Å². The Balaban J connectivity index is 1.81. The molecule has 2 N–H and O–H groups in total. The van der Waals surface area contributed by atoms with Crippen LogP contribution in [0.3, 0.4) is 0 Å². The number of ether oxygens (including phenoxy) is 2. The number of hydrogen-bond acceptors (Lipinski definition) is 4. The van der Waals surface area contributed by atoms with E-state index in [0.717, 1.165) is 18.4 Å². The van der Waals surface area contributed by atoms with Gasteiger partial charge in [0.1, 0.15) is 0 Å². The van der Waals surface area contributed by atoms with Gasteiger partial charge in [-0.1, -0.05) is 38.1 Å². The van der Waals surface area contributed by atoms with Gasteiger partial charge in [0.25, 0.3) is 11.8 Å². The maximum Gasteiger partial charge on any atom is 0.276 e. The van der Waals surface area contributed by atoms with Crippen LogP contribution in [0.4, 0.5) is 0 Å². The number of rotatable bonds is 8. The molecule has 6 nitrogen and oxygen atoms in total. The molecule has 2 aromatic carbocycles. The number of benzene rings is 2. The van der Waals surface area contributed by atoms with Gasteiger partial charge in [0.05, 0.1) is 6.61 Å². The van der Waals surface area contributed by atoms with Crippen LogP contribution in [0.25, 0.3) is 0 Å². The summed E-state index contributed by atoms with van der Waals surface area (Å²) in [5.74, 6) is 0.223. The lowest BCUT2D eigenvalue weighted by Gasteiger charge is -2.12. The summed E-state index contributed by atoms with van der Waals surface area (Å²) in [7, 11) is 0. The first-order valence-corrected chi connectivity index (χ1v) is 8.66. The van der Waals surface area contributed by atoms with Crippen molar-refractivity contribution < 1.29 is 19.1 Å². The van der Waals surface area contributed by atoms with Gasteiger partial charge in [-0.25, -0.2) is 0 Å². The number of hydrazine groups is 1. The maximum absolute atomic E-state index is 12.0. The van der Waals surface area contributed by atoms with Gasteiger partial charge in [0.15, 0.2) is 18.1 Å². The average molecular weight is 356 g/mol. The highest BCUT2D eigenvalue weighted by Gasteiger charge is 2.10. The Morgan fingerprint density at radius 2 is 1.54 bits per heavy atom. The first kappa shape index (κ1) is 19.3. The van der Waals surface area contributed by atoms with Gasteiger partial charge < -0.3 is 9.47 Å². The molecule has 0 bridgehead atoms. The van der Waals surface area contributed by atoms with E-state index < -0.39 is 5.91 Å². The largest absolute Gasteiger partial charge is 0.490 e. The molecule has 0 saturated carbocycles. The summed E-state index contributed by atoms with van der Waals surface area (Å²) in [4.78, 5) is 23.9. The van der Waals surface area contributed by atoms with Crippen LogP contribution in [0, 0.1) is 0 Å². The van der Waals surface area contributed by atoms with Crippen LogP contribution in [-0.4, -0.2) is 25.0 Å². The third-order valence-corrected chi connectivity index (χ3v) is 3.61. The van der Waals surface area contributed by atoms with Crippen molar-refractivity contribution in [2.24, 2.45) is 0 Å². The minimum atomic E-state index is -0.464. The van der Waals surface area contributed by atoms with E-state index in [1.807, 2.05) is 32.0 Å². The van der Waals surface area contributed by atoms with E-state index in [1.165, 1.54) is 0 Å². The van der Waals surface area contributed by atoms with E-state index >= 15 is 0 Å². The summed E-state index contributed by atoms with van der Waals surface area (Å²) in [6.07, 6.45) is 1.78. The lowest BCUT2D eigenvalue weighted by atomic mass is 10.1. The van der Waals surface area contributed by atoms with Crippen LogP contribution in [0.5, 0.6) is 11.5 Å². The van der Waals surface area contributed by atoms with Gasteiger partial charge in [-0.15, -0.1) is 0 Å². The Morgan fingerprint density at radius 1 is 0.885 bits per heavy atom. The van der Waals surface area contributed by atoms with Crippen molar-refractivity contribution in [3.8, 4) is 11.5 Å². The second-order valence-corrected chi connectivity index (χ2v) is 5.64. The molecule has 0 spiro atoms. The molecule has 6 heteroatoms. The van der Waals surface area contributed by atoms with Crippen LogP contribution in [-0.2, 0) is 11.2 Å². The molecule has 0 heterocycles. The van der Waals surface area contributed by atoms with Crippen molar-refractivity contribution in [3.05, 3.63) is 59.7 Å². The minimum absolute atomic E-state index is 0.235. The molecule has 0 unspecified atom stereocenters.